The summed E-state index contributed by atoms with van der Waals surface area (Å²) in [4.78, 5) is 20.2. The molecule has 0 spiro atoms. The average Bonchev–Trinajstić information content (AvgIpc) is 3.16. The van der Waals surface area contributed by atoms with Crippen LogP contribution in [0, 0.1) is 12.3 Å². The highest BCUT2D eigenvalue weighted by molar-refractivity contribution is 7.16. The van der Waals surface area contributed by atoms with E-state index in [1.54, 1.807) is 18.4 Å². The number of anilines is 2. The second-order valence-electron chi connectivity index (χ2n) is 6.52. The molecule has 1 atom stereocenters. The first-order valence-corrected chi connectivity index (χ1v) is 9.88. The Morgan fingerprint density at radius 2 is 2.21 bits per heavy atom. The van der Waals surface area contributed by atoms with Gasteiger partial charge in [0.2, 0.25) is 5.91 Å². The van der Waals surface area contributed by atoms with Crippen molar-refractivity contribution in [2.24, 2.45) is 0 Å². The lowest BCUT2D eigenvalue weighted by molar-refractivity contribution is -0.116. The predicted molar refractivity (Wildman–Crippen MR) is 108 cm³/mol. The van der Waals surface area contributed by atoms with Gasteiger partial charge in [0.15, 0.2) is 16.6 Å². The van der Waals surface area contributed by atoms with Crippen molar-refractivity contribution in [3.05, 3.63) is 28.6 Å². The summed E-state index contributed by atoms with van der Waals surface area (Å²) in [6.07, 6.45) is 5.67. The Balaban J connectivity index is 1.68. The molecule has 0 aliphatic carbocycles. The number of hydrogen-bond acceptors (Lipinski definition) is 7. The third kappa shape index (κ3) is 3.63. The Kier molecular flexibility index (Phi) is 5.37. The first-order chi connectivity index (χ1) is 13.7. The molecule has 1 fully saturated rings. The van der Waals surface area contributed by atoms with Crippen molar-refractivity contribution in [2.75, 3.05) is 50.2 Å². The smallest absolute Gasteiger partial charge is 0.226 e. The van der Waals surface area contributed by atoms with Crippen molar-refractivity contribution >= 4 is 28.2 Å². The highest BCUT2D eigenvalue weighted by Crippen LogP contribution is 2.44. The van der Waals surface area contributed by atoms with Crippen molar-refractivity contribution in [3.8, 4) is 23.8 Å². The Morgan fingerprint density at radius 3 is 2.96 bits per heavy atom. The van der Waals surface area contributed by atoms with Crippen LogP contribution >= 0.6 is 11.3 Å². The summed E-state index contributed by atoms with van der Waals surface area (Å²) in [6.45, 7) is 3.13. The molecule has 1 saturated heterocycles. The lowest BCUT2D eigenvalue weighted by Gasteiger charge is -2.26. The van der Waals surface area contributed by atoms with Crippen molar-refractivity contribution in [1.82, 2.24) is 4.98 Å². The molecule has 3 heterocycles. The van der Waals surface area contributed by atoms with Crippen LogP contribution in [0.25, 0.3) is 0 Å². The topological polar surface area (TPSA) is 72.9 Å². The lowest BCUT2D eigenvalue weighted by Crippen LogP contribution is -2.36. The average molecular weight is 399 g/mol. The van der Waals surface area contributed by atoms with Gasteiger partial charge < -0.3 is 24.4 Å². The standard InChI is InChI=1S/C20H21N3O4S/c1-3-8-27-16-11-13(4-5-15(16)25-2)14-12-17(24)21-19-18(14)28-20(22-19)23-6-9-26-10-7-23/h1,4-5,11,14H,6-10,12H2,2H3,(H,21,24)/t14-/m1/s1. The van der Waals surface area contributed by atoms with Crippen LogP contribution in [-0.4, -0.2) is 50.9 Å². The molecule has 1 N–H and O–H groups in total. The minimum atomic E-state index is -0.0878. The van der Waals surface area contributed by atoms with E-state index < -0.39 is 0 Å². The van der Waals surface area contributed by atoms with E-state index in [1.165, 1.54) is 0 Å². The molecule has 2 aromatic rings. The molecule has 7 nitrogen and oxygen atoms in total. The van der Waals surface area contributed by atoms with Crippen LogP contribution in [0.2, 0.25) is 0 Å². The van der Waals surface area contributed by atoms with Gasteiger partial charge in [0.25, 0.3) is 0 Å². The van der Waals surface area contributed by atoms with Gasteiger partial charge >= 0.3 is 0 Å². The van der Waals surface area contributed by atoms with E-state index in [-0.39, 0.29) is 18.4 Å². The van der Waals surface area contributed by atoms with E-state index in [2.05, 4.69) is 21.1 Å². The van der Waals surface area contributed by atoms with E-state index in [0.29, 0.717) is 37.0 Å². The summed E-state index contributed by atoms with van der Waals surface area (Å²) in [5, 5.41) is 3.83. The molecule has 4 rings (SSSR count). The number of methoxy groups -OCH3 is 1. The van der Waals surface area contributed by atoms with Crippen LogP contribution in [0.3, 0.4) is 0 Å². The number of aromatic nitrogens is 1. The molecule has 0 unspecified atom stereocenters. The van der Waals surface area contributed by atoms with Crippen LogP contribution in [-0.2, 0) is 9.53 Å². The van der Waals surface area contributed by atoms with E-state index in [1.807, 2.05) is 18.2 Å². The number of nitrogens with one attached hydrogen (secondary N) is 1. The largest absolute Gasteiger partial charge is 0.493 e. The highest BCUT2D eigenvalue weighted by Gasteiger charge is 2.32. The van der Waals surface area contributed by atoms with E-state index in [9.17, 15) is 4.79 Å². The van der Waals surface area contributed by atoms with Crippen LogP contribution in [0.5, 0.6) is 11.5 Å². The van der Waals surface area contributed by atoms with Gasteiger partial charge in [-0.25, -0.2) is 4.98 Å². The number of thiazole rings is 1. The highest BCUT2D eigenvalue weighted by atomic mass is 32.1. The number of carbonyl (C=O) groups excluding carboxylic acids is 1. The van der Waals surface area contributed by atoms with E-state index >= 15 is 0 Å². The zero-order valence-corrected chi connectivity index (χ0v) is 16.4. The first kappa shape index (κ1) is 18.6. The number of carbonyl (C=O) groups is 1. The maximum Gasteiger partial charge on any atom is 0.226 e. The number of fused-ring (bicyclic) bond motifs is 1. The predicted octanol–water partition coefficient (Wildman–Crippen LogP) is 2.47. The molecule has 28 heavy (non-hydrogen) atoms. The van der Waals surface area contributed by atoms with Crippen molar-refractivity contribution < 1.29 is 19.0 Å². The molecule has 2 aliphatic heterocycles. The third-order valence-corrected chi connectivity index (χ3v) is 6.02. The van der Waals surface area contributed by atoms with Gasteiger partial charge in [-0.2, -0.15) is 0 Å². The zero-order chi connectivity index (χ0) is 19.5. The fourth-order valence-electron chi connectivity index (χ4n) is 3.41. The summed E-state index contributed by atoms with van der Waals surface area (Å²) >= 11 is 1.62. The van der Waals surface area contributed by atoms with Gasteiger partial charge in [0.1, 0.15) is 12.4 Å². The van der Waals surface area contributed by atoms with Gasteiger partial charge in [-0.15, -0.1) is 6.42 Å². The minimum Gasteiger partial charge on any atom is -0.493 e. The Bertz CT molecular complexity index is 915. The number of hydrogen-bond donors (Lipinski definition) is 1. The summed E-state index contributed by atoms with van der Waals surface area (Å²) < 4.78 is 16.4. The summed E-state index contributed by atoms with van der Waals surface area (Å²) in [6, 6.07) is 5.71. The molecule has 8 heteroatoms. The SMILES string of the molecule is C#CCOc1cc([C@H]2CC(=O)Nc3nc(N4CCOCC4)sc32)ccc1OC. The number of morpholine rings is 1. The van der Waals surface area contributed by atoms with Gasteiger partial charge in [-0.1, -0.05) is 23.3 Å². The van der Waals surface area contributed by atoms with Crippen LogP contribution < -0.4 is 19.7 Å². The molecule has 0 saturated carbocycles. The molecule has 1 amide bonds. The molecule has 146 valence electrons. The fraction of sp³-hybridized carbons (Fsp3) is 0.400. The van der Waals surface area contributed by atoms with Crippen LogP contribution in [0.15, 0.2) is 18.2 Å². The Morgan fingerprint density at radius 1 is 1.39 bits per heavy atom. The van der Waals surface area contributed by atoms with Crippen molar-refractivity contribution in [1.29, 1.82) is 0 Å². The van der Waals surface area contributed by atoms with Gasteiger partial charge in [-0.05, 0) is 17.7 Å². The van der Waals surface area contributed by atoms with Crippen LogP contribution in [0.4, 0.5) is 10.9 Å². The van der Waals surface area contributed by atoms with E-state index in [4.69, 9.17) is 20.6 Å². The molecular weight excluding hydrogens is 378 g/mol. The van der Waals surface area contributed by atoms with Gasteiger partial charge in [-0.3, -0.25) is 4.79 Å². The fourth-order valence-corrected chi connectivity index (χ4v) is 4.61. The summed E-state index contributed by atoms with van der Waals surface area (Å²) in [5.74, 6) is 4.16. The molecule has 1 aromatic carbocycles. The maximum atomic E-state index is 12.3. The molecule has 0 radical (unpaired) electrons. The van der Waals surface area contributed by atoms with Gasteiger partial charge in [0.05, 0.1) is 25.2 Å². The molecule has 2 aliphatic rings. The monoisotopic (exact) mass is 399 g/mol. The zero-order valence-electron chi connectivity index (χ0n) is 15.6. The second-order valence-corrected chi connectivity index (χ2v) is 7.53. The van der Waals surface area contributed by atoms with Crippen molar-refractivity contribution in [3.63, 3.8) is 0 Å². The molecule has 1 aromatic heterocycles. The second kappa shape index (κ2) is 8.09. The summed E-state index contributed by atoms with van der Waals surface area (Å²) in [7, 11) is 1.59. The van der Waals surface area contributed by atoms with Crippen molar-refractivity contribution in [2.45, 2.75) is 12.3 Å². The number of amides is 1. The Hall–Kier alpha value is -2.76. The Labute approximate surface area is 167 Å². The third-order valence-electron chi connectivity index (χ3n) is 4.79. The van der Waals surface area contributed by atoms with E-state index in [0.717, 1.165) is 28.7 Å². The number of ether oxygens (including phenoxy) is 3. The molecular formula is C20H21N3O4S. The van der Waals surface area contributed by atoms with Gasteiger partial charge in [0, 0.05) is 25.4 Å². The quantitative estimate of drug-likeness (QED) is 0.779. The normalized spacial score (nSPS) is 18.8. The molecule has 0 bridgehead atoms. The maximum absolute atomic E-state index is 12.3. The number of benzene rings is 1. The first-order valence-electron chi connectivity index (χ1n) is 9.07. The minimum absolute atomic E-state index is 0.0433. The van der Waals surface area contributed by atoms with Crippen LogP contribution in [0.1, 0.15) is 22.8 Å². The number of nitrogens with zero attached hydrogens (tertiary/aromatic N) is 2. The number of terminal acetylenes is 1. The summed E-state index contributed by atoms with van der Waals surface area (Å²) in [5.41, 5.74) is 0.973. The lowest BCUT2D eigenvalue weighted by atomic mass is 9.91. The number of rotatable bonds is 5.